The lowest BCUT2D eigenvalue weighted by Gasteiger charge is -2.20. The van der Waals surface area contributed by atoms with Gasteiger partial charge in [0.05, 0.1) is 11.0 Å². The normalized spacial score (nSPS) is 14.9. The van der Waals surface area contributed by atoms with Gasteiger partial charge in [0, 0.05) is 72.6 Å². The highest BCUT2D eigenvalue weighted by Crippen LogP contribution is 2.18. The van der Waals surface area contributed by atoms with Crippen LogP contribution in [0.1, 0.15) is 17.5 Å². The van der Waals surface area contributed by atoms with Crippen LogP contribution in [0.5, 0.6) is 0 Å². The molecule has 1 aliphatic heterocycles. The van der Waals surface area contributed by atoms with Crippen molar-refractivity contribution in [3.63, 3.8) is 0 Å². The number of amides is 2. The Balaban J connectivity index is 1.13. The monoisotopic (exact) mass is 514 g/mol. The molecule has 2 aromatic carbocycles. The number of carbonyl (C=O) groups is 2. The second-order valence-corrected chi connectivity index (χ2v) is 9.29. The van der Waals surface area contributed by atoms with Crippen molar-refractivity contribution >= 4 is 45.8 Å². The van der Waals surface area contributed by atoms with Crippen LogP contribution in [0.3, 0.4) is 0 Å². The van der Waals surface area contributed by atoms with Gasteiger partial charge in [0.25, 0.3) is 0 Å². The molecule has 5 rings (SSSR count). The summed E-state index contributed by atoms with van der Waals surface area (Å²) in [5.74, 6) is -0.0978. The highest BCUT2D eigenvalue weighted by Gasteiger charge is 2.19. The van der Waals surface area contributed by atoms with E-state index in [-0.39, 0.29) is 11.8 Å². The topological polar surface area (TPSA) is 66.4 Å². The first kappa shape index (κ1) is 25.8. The molecule has 4 aromatic rings. The van der Waals surface area contributed by atoms with Crippen LogP contribution in [0.4, 0.5) is 0 Å². The van der Waals surface area contributed by atoms with Gasteiger partial charge in [-0.25, -0.2) is 0 Å². The Morgan fingerprint density at radius 3 is 1.54 bits per heavy atom. The van der Waals surface area contributed by atoms with E-state index in [1.54, 1.807) is 46.5 Å². The summed E-state index contributed by atoms with van der Waals surface area (Å²) in [6, 6.07) is 20.0. The van der Waals surface area contributed by atoms with Gasteiger partial charge in [-0.3, -0.25) is 19.6 Å². The number of nitrogens with zero attached hydrogens (tertiary/aromatic N) is 4. The number of aromatic nitrogens is 2. The highest BCUT2D eigenvalue weighted by atomic mass is 16.2. The molecule has 0 radical (unpaired) electrons. The molecule has 1 aliphatic rings. The predicted molar refractivity (Wildman–Crippen MR) is 158 cm³/mol. The molecule has 0 bridgehead atoms. The number of rotatable bonds is 6. The van der Waals surface area contributed by atoms with Gasteiger partial charge >= 0.3 is 0 Å². The summed E-state index contributed by atoms with van der Waals surface area (Å²) in [6.07, 6.45) is 18.6. The number of benzene rings is 2. The first-order valence-corrected chi connectivity index (χ1v) is 13.1. The molecule has 39 heavy (non-hydrogen) atoms. The first-order chi connectivity index (χ1) is 19.2. The Morgan fingerprint density at radius 2 is 1.05 bits per heavy atom. The summed E-state index contributed by atoms with van der Waals surface area (Å²) in [6.45, 7) is 2.28. The average Bonchev–Trinajstić information content (AvgIpc) is 3.24. The molecule has 0 aliphatic carbocycles. The van der Waals surface area contributed by atoms with Crippen LogP contribution >= 0.6 is 0 Å². The molecular formula is C33H30N4O2. The van der Waals surface area contributed by atoms with E-state index in [1.165, 1.54) is 0 Å². The van der Waals surface area contributed by atoms with E-state index in [1.807, 2.05) is 85.0 Å². The van der Waals surface area contributed by atoms with E-state index in [0.717, 1.165) is 39.4 Å². The Hall–Kier alpha value is -4.84. The van der Waals surface area contributed by atoms with Crippen LogP contribution in [0.15, 0.2) is 110 Å². The summed E-state index contributed by atoms with van der Waals surface area (Å²) < 4.78 is 0. The number of allylic oxidation sites excluding steroid dienone is 4. The minimum Gasteiger partial charge on any atom is -0.337 e. The Morgan fingerprint density at radius 1 is 0.590 bits per heavy atom. The summed E-state index contributed by atoms with van der Waals surface area (Å²) in [4.78, 5) is 38.0. The maximum Gasteiger partial charge on any atom is 0.246 e. The van der Waals surface area contributed by atoms with Gasteiger partial charge < -0.3 is 9.80 Å². The van der Waals surface area contributed by atoms with Crippen molar-refractivity contribution in [1.82, 2.24) is 19.8 Å². The molecule has 6 heteroatoms. The second-order valence-electron chi connectivity index (χ2n) is 9.29. The lowest BCUT2D eigenvalue weighted by molar-refractivity contribution is -0.128. The predicted octanol–water partition coefficient (Wildman–Crippen LogP) is 5.68. The molecule has 2 amide bonds. The molecule has 1 saturated heterocycles. The lowest BCUT2D eigenvalue weighted by Crippen LogP contribution is -2.36. The summed E-state index contributed by atoms with van der Waals surface area (Å²) in [5.41, 5.74) is 3.88. The van der Waals surface area contributed by atoms with Crippen molar-refractivity contribution in [3.05, 3.63) is 121 Å². The van der Waals surface area contributed by atoms with E-state index >= 15 is 0 Å². The van der Waals surface area contributed by atoms with Crippen LogP contribution in [-0.2, 0) is 9.59 Å². The van der Waals surface area contributed by atoms with Crippen LogP contribution in [0.2, 0.25) is 0 Å². The van der Waals surface area contributed by atoms with Gasteiger partial charge in [-0.1, -0.05) is 85.0 Å². The third-order valence-electron chi connectivity index (χ3n) is 6.70. The summed E-state index contributed by atoms with van der Waals surface area (Å²) >= 11 is 0. The SMILES string of the molecule is O=C(/C=C/C=C/c1cccc2cccnc12)N1CCCN(C(=O)/C=C/C=C/c2cccc3cccnc23)CC1. The standard InChI is InChI=1S/C33H30N4O2/c38-30(18-3-1-10-26-12-5-14-28-16-7-20-34-32(26)28)36-22-9-23-37(25-24-36)31(39)19-4-2-11-27-13-6-15-29-17-8-21-35-33(27)29/h1-8,10-21H,9,22-25H2/b10-1+,11-2+,18-3+,19-4+. The summed E-state index contributed by atoms with van der Waals surface area (Å²) in [5, 5.41) is 2.16. The van der Waals surface area contributed by atoms with Crippen molar-refractivity contribution in [1.29, 1.82) is 0 Å². The third-order valence-corrected chi connectivity index (χ3v) is 6.70. The average molecular weight is 515 g/mol. The maximum atomic E-state index is 12.8. The van der Waals surface area contributed by atoms with Crippen molar-refractivity contribution < 1.29 is 9.59 Å². The van der Waals surface area contributed by atoms with Crippen molar-refractivity contribution in [3.8, 4) is 0 Å². The van der Waals surface area contributed by atoms with E-state index in [4.69, 9.17) is 0 Å². The molecule has 0 spiro atoms. The van der Waals surface area contributed by atoms with Crippen LogP contribution in [0.25, 0.3) is 34.0 Å². The van der Waals surface area contributed by atoms with Gasteiger partial charge in [0.1, 0.15) is 0 Å². The van der Waals surface area contributed by atoms with Gasteiger partial charge in [-0.05, 0) is 18.6 Å². The zero-order valence-corrected chi connectivity index (χ0v) is 21.7. The van der Waals surface area contributed by atoms with Crippen LogP contribution < -0.4 is 0 Å². The molecular weight excluding hydrogens is 484 g/mol. The van der Waals surface area contributed by atoms with Gasteiger partial charge in [-0.15, -0.1) is 0 Å². The largest absolute Gasteiger partial charge is 0.337 e. The van der Waals surface area contributed by atoms with Gasteiger partial charge in [-0.2, -0.15) is 0 Å². The second kappa shape index (κ2) is 12.6. The quantitative estimate of drug-likeness (QED) is 0.245. The zero-order valence-electron chi connectivity index (χ0n) is 21.7. The minimum absolute atomic E-state index is 0.0489. The zero-order chi connectivity index (χ0) is 26.9. The Labute approximate surface area is 228 Å². The Kier molecular flexibility index (Phi) is 8.34. The number of fused-ring (bicyclic) bond motifs is 2. The molecule has 2 aromatic heterocycles. The molecule has 0 saturated carbocycles. The van der Waals surface area contributed by atoms with Crippen molar-refractivity contribution in [2.24, 2.45) is 0 Å². The molecule has 3 heterocycles. The molecule has 0 atom stereocenters. The fourth-order valence-electron chi connectivity index (χ4n) is 4.69. The lowest BCUT2D eigenvalue weighted by atomic mass is 10.1. The molecule has 1 fully saturated rings. The summed E-state index contributed by atoms with van der Waals surface area (Å²) in [7, 11) is 0. The van der Waals surface area contributed by atoms with E-state index in [0.29, 0.717) is 26.2 Å². The van der Waals surface area contributed by atoms with Crippen LogP contribution in [0, 0.1) is 0 Å². The fraction of sp³-hybridized carbons (Fsp3) is 0.152. The van der Waals surface area contributed by atoms with E-state index < -0.39 is 0 Å². The number of para-hydroxylation sites is 2. The molecule has 6 nitrogen and oxygen atoms in total. The van der Waals surface area contributed by atoms with Crippen molar-refractivity contribution in [2.75, 3.05) is 26.2 Å². The smallest absolute Gasteiger partial charge is 0.246 e. The minimum atomic E-state index is -0.0489. The fourth-order valence-corrected chi connectivity index (χ4v) is 4.69. The third kappa shape index (κ3) is 6.54. The number of hydrogen-bond acceptors (Lipinski definition) is 4. The maximum absolute atomic E-state index is 12.8. The highest BCUT2D eigenvalue weighted by molar-refractivity contribution is 5.91. The number of pyridine rings is 2. The van der Waals surface area contributed by atoms with E-state index in [9.17, 15) is 9.59 Å². The Bertz CT molecular complexity index is 1470. The van der Waals surface area contributed by atoms with Crippen LogP contribution in [-0.4, -0.2) is 57.8 Å². The number of hydrogen-bond donors (Lipinski definition) is 0. The van der Waals surface area contributed by atoms with Crippen molar-refractivity contribution in [2.45, 2.75) is 6.42 Å². The first-order valence-electron chi connectivity index (χ1n) is 13.1. The molecule has 194 valence electrons. The van der Waals surface area contributed by atoms with Gasteiger partial charge in [0.15, 0.2) is 0 Å². The number of carbonyl (C=O) groups excluding carboxylic acids is 2. The molecule has 0 unspecified atom stereocenters. The van der Waals surface area contributed by atoms with Gasteiger partial charge in [0.2, 0.25) is 11.8 Å². The van der Waals surface area contributed by atoms with E-state index in [2.05, 4.69) is 9.97 Å². The molecule has 0 N–H and O–H groups in total.